The Bertz CT molecular complexity index is 360. The monoisotopic (exact) mass is 221 g/mol. The average molecular weight is 221 g/mol. The minimum atomic E-state index is -0.170. The van der Waals surface area contributed by atoms with Crippen LogP contribution in [0.5, 0.6) is 5.75 Å². The standard InChI is InChI=1S/C11H15N3O2/c1-16-10-4-2-8(3-5-10)13-11(15)14-9-6-12-7-9/h2-5,9,12H,6-7H2,1H3,(H2,13,14,15). The predicted octanol–water partition coefficient (Wildman–Crippen LogP) is 0.788. The summed E-state index contributed by atoms with van der Waals surface area (Å²) in [6.07, 6.45) is 0. The van der Waals surface area contributed by atoms with Gasteiger partial charge < -0.3 is 20.7 Å². The lowest BCUT2D eigenvalue weighted by Gasteiger charge is -2.27. The van der Waals surface area contributed by atoms with Crippen molar-refractivity contribution < 1.29 is 9.53 Å². The van der Waals surface area contributed by atoms with E-state index in [0.717, 1.165) is 24.5 Å². The van der Waals surface area contributed by atoms with Crippen LogP contribution in [-0.4, -0.2) is 32.3 Å². The van der Waals surface area contributed by atoms with Gasteiger partial charge in [0.15, 0.2) is 0 Å². The smallest absolute Gasteiger partial charge is 0.319 e. The van der Waals surface area contributed by atoms with Crippen LogP contribution in [0.4, 0.5) is 10.5 Å². The van der Waals surface area contributed by atoms with Gasteiger partial charge in [0.1, 0.15) is 5.75 Å². The number of anilines is 1. The van der Waals surface area contributed by atoms with Crippen LogP contribution in [0.2, 0.25) is 0 Å². The number of amides is 2. The highest BCUT2D eigenvalue weighted by Gasteiger charge is 2.18. The van der Waals surface area contributed by atoms with Gasteiger partial charge in [-0.1, -0.05) is 0 Å². The topological polar surface area (TPSA) is 62.4 Å². The summed E-state index contributed by atoms with van der Waals surface area (Å²) in [5, 5.41) is 8.70. The van der Waals surface area contributed by atoms with Gasteiger partial charge in [-0.05, 0) is 24.3 Å². The number of benzene rings is 1. The lowest BCUT2D eigenvalue weighted by atomic mass is 10.2. The number of methoxy groups -OCH3 is 1. The zero-order valence-electron chi connectivity index (χ0n) is 9.12. The Morgan fingerprint density at radius 1 is 1.38 bits per heavy atom. The van der Waals surface area contributed by atoms with Gasteiger partial charge in [-0.15, -0.1) is 0 Å². The van der Waals surface area contributed by atoms with Crippen molar-refractivity contribution in [3.05, 3.63) is 24.3 Å². The Labute approximate surface area is 94.2 Å². The molecule has 0 atom stereocenters. The van der Waals surface area contributed by atoms with Crippen molar-refractivity contribution in [1.82, 2.24) is 10.6 Å². The molecule has 0 unspecified atom stereocenters. The van der Waals surface area contributed by atoms with Crippen molar-refractivity contribution in [3.63, 3.8) is 0 Å². The van der Waals surface area contributed by atoms with Gasteiger partial charge in [0.05, 0.1) is 13.2 Å². The maximum Gasteiger partial charge on any atom is 0.319 e. The first kappa shape index (κ1) is 10.8. The summed E-state index contributed by atoms with van der Waals surface area (Å²) in [7, 11) is 1.61. The molecule has 1 fully saturated rings. The van der Waals surface area contributed by atoms with Crippen molar-refractivity contribution in [2.45, 2.75) is 6.04 Å². The van der Waals surface area contributed by atoms with Crippen LogP contribution in [0, 0.1) is 0 Å². The van der Waals surface area contributed by atoms with Crippen LogP contribution >= 0.6 is 0 Å². The summed E-state index contributed by atoms with van der Waals surface area (Å²) in [5.41, 5.74) is 0.755. The molecule has 1 saturated heterocycles. The molecule has 0 spiro atoms. The first-order valence-electron chi connectivity index (χ1n) is 5.20. The van der Waals surface area contributed by atoms with Crippen LogP contribution in [0.3, 0.4) is 0 Å². The van der Waals surface area contributed by atoms with Gasteiger partial charge in [0, 0.05) is 18.8 Å². The molecule has 1 aliphatic heterocycles. The molecule has 0 aliphatic carbocycles. The molecule has 2 amide bonds. The number of carbonyl (C=O) groups is 1. The molecule has 1 aliphatic rings. The molecule has 2 rings (SSSR count). The number of urea groups is 1. The van der Waals surface area contributed by atoms with Gasteiger partial charge in [-0.25, -0.2) is 4.79 Å². The number of rotatable bonds is 3. The van der Waals surface area contributed by atoms with E-state index in [2.05, 4.69) is 16.0 Å². The second kappa shape index (κ2) is 4.85. The third kappa shape index (κ3) is 2.64. The summed E-state index contributed by atoms with van der Waals surface area (Å²) >= 11 is 0. The van der Waals surface area contributed by atoms with E-state index in [4.69, 9.17) is 4.74 Å². The second-order valence-corrected chi connectivity index (χ2v) is 3.68. The Kier molecular flexibility index (Phi) is 3.26. The van der Waals surface area contributed by atoms with Crippen LogP contribution < -0.4 is 20.7 Å². The van der Waals surface area contributed by atoms with E-state index >= 15 is 0 Å². The Balaban J connectivity index is 1.84. The van der Waals surface area contributed by atoms with Gasteiger partial charge in [0.2, 0.25) is 0 Å². The Morgan fingerprint density at radius 2 is 2.06 bits per heavy atom. The van der Waals surface area contributed by atoms with E-state index in [9.17, 15) is 4.79 Å². The van der Waals surface area contributed by atoms with E-state index in [0.29, 0.717) is 0 Å². The minimum Gasteiger partial charge on any atom is -0.497 e. The molecule has 5 heteroatoms. The van der Waals surface area contributed by atoms with Crippen LogP contribution in [0.15, 0.2) is 24.3 Å². The van der Waals surface area contributed by atoms with E-state index in [1.54, 1.807) is 31.4 Å². The zero-order chi connectivity index (χ0) is 11.4. The molecule has 5 nitrogen and oxygen atoms in total. The summed E-state index contributed by atoms with van der Waals surface area (Å²) in [6, 6.07) is 7.30. The van der Waals surface area contributed by atoms with E-state index in [1.165, 1.54) is 0 Å². The normalized spacial score (nSPS) is 15.1. The maximum absolute atomic E-state index is 11.5. The SMILES string of the molecule is COc1ccc(NC(=O)NC2CNC2)cc1. The first-order valence-corrected chi connectivity index (χ1v) is 5.20. The molecule has 0 saturated carbocycles. The highest BCUT2D eigenvalue weighted by molar-refractivity contribution is 5.89. The fourth-order valence-electron chi connectivity index (χ4n) is 1.42. The van der Waals surface area contributed by atoms with Gasteiger partial charge >= 0.3 is 6.03 Å². The largest absolute Gasteiger partial charge is 0.497 e. The van der Waals surface area contributed by atoms with Crippen molar-refractivity contribution in [3.8, 4) is 5.75 Å². The molecule has 16 heavy (non-hydrogen) atoms. The quantitative estimate of drug-likeness (QED) is 0.707. The Morgan fingerprint density at radius 3 is 2.56 bits per heavy atom. The maximum atomic E-state index is 11.5. The van der Waals surface area contributed by atoms with E-state index < -0.39 is 0 Å². The molecular weight excluding hydrogens is 206 g/mol. The molecule has 0 bridgehead atoms. The number of hydrogen-bond donors (Lipinski definition) is 3. The average Bonchev–Trinajstić information content (AvgIpc) is 2.25. The van der Waals surface area contributed by atoms with Gasteiger partial charge in [0.25, 0.3) is 0 Å². The highest BCUT2D eigenvalue weighted by Crippen LogP contribution is 2.14. The molecule has 86 valence electrons. The summed E-state index contributed by atoms with van der Waals surface area (Å²) in [4.78, 5) is 11.5. The predicted molar refractivity (Wildman–Crippen MR) is 61.8 cm³/mol. The fraction of sp³-hybridized carbons (Fsp3) is 0.364. The Hall–Kier alpha value is -1.75. The molecule has 0 aromatic heterocycles. The van der Waals surface area contributed by atoms with Crippen LogP contribution in [0.25, 0.3) is 0 Å². The number of carbonyl (C=O) groups excluding carboxylic acids is 1. The third-order valence-electron chi connectivity index (χ3n) is 2.46. The summed E-state index contributed by atoms with van der Waals surface area (Å²) < 4.78 is 5.03. The fourth-order valence-corrected chi connectivity index (χ4v) is 1.42. The molecule has 1 heterocycles. The summed E-state index contributed by atoms with van der Waals surface area (Å²) in [5.74, 6) is 0.772. The van der Waals surface area contributed by atoms with Crippen LogP contribution in [0.1, 0.15) is 0 Å². The highest BCUT2D eigenvalue weighted by atomic mass is 16.5. The molecule has 0 radical (unpaired) electrons. The number of hydrogen-bond acceptors (Lipinski definition) is 3. The molecule has 1 aromatic rings. The molecule has 1 aromatic carbocycles. The number of nitrogens with one attached hydrogen (secondary N) is 3. The zero-order valence-corrected chi connectivity index (χ0v) is 9.12. The van der Waals surface area contributed by atoms with Crippen molar-refractivity contribution in [2.75, 3.05) is 25.5 Å². The van der Waals surface area contributed by atoms with Gasteiger partial charge in [-0.3, -0.25) is 0 Å². The molecular formula is C11H15N3O2. The lowest BCUT2D eigenvalue weighted by Crippen LogP contribution is -2.57. The second-order valence-electron chi connectivity index (χ2n) is 3.68. The third-order valence-corrected chi connectivity index (χ3v) is 2.46. The first-order chi connectivity index (χ1) is 7.78. The van der Waals surface area contributed by atoms with Crippen molar-refractivity contribution >= 4 is 11.7 Å². The van der Waals surface area contributed by atoms with E-state index in [1.807, 2.05) is 0 Å². The summed E-state index contributed by atoms with van der Waals surface area (Å²) in [6.45, 7) is 1.69. The minimum absolute atomic E-state index is 0.170. The number of ether oxygens (including phenoxy) is 1. The van der Waals surface area contributed by atoms with E-state index in [-0.39, 0.29) is 12.1 Å². The van der Waals surface area contributed by atoms with Crippen molar-refractivity contribution in [2.24, 2.45) is 0 Å². The van der Waals surface area contributed by atoms with Crippen molar-refractivity contribution in [1.29, 1.82) is 0 Å². The lowest BCUT2D eigenvalue weighted by molar-refractivity contribution is 0.243. The van der Waals surface area contributed by atoms with Crippen LogP contribution in [-0.2, 0) is 0 Å². The van der Waals surface area contributed by atoms with Gasteiger partial charge in [-0.2, -0.15) is 0 Å². The molecule has 3 N–H and O–H groups in total.